The van der Waals surface area contributed by atoms with Crippen LogP contribution in [0.3, 0.4) is 0 Å². The van der Waals surface area contributed by atoms with Crippen molar-refractivity contribution < 1.29 is 18.7 Å². The van der Waals surface area contributed by atoms with Crippen LogP contribution in [0.1, 0.15) is 25.3 Å². The Labute approximate surface area is 157 Å². The molecule has 0 bridgehead atoms. The molecule has 0 aliphatic carbocycles. The first-order valence-corrected chi connectivity index (χ1v) is 8.91. The van der Waals surface area contributed by atoms with Crippen LogP contribution in [0.25, 0.3) is 6.08 Å². The number of nitrogens with zero attached hydrogens (tertiary/aromatic N) is 1. The highest BCUT2D eigenvalue weighted by molar-refractivity contribution is 6.12. The van der Waals surface area contributed by atoms with Gasteiger partial charge < -0.3 is 10.1 Å². The van der Waals surface area contributed by atoms with Crippen molar-refractivity contribution in [1.29, 1.82) is 0 Å². The molecule has 0 spiro atoms. The monoisotopic (exact) mass is 368 g/mol. The van der Waals surface area contributed by atoms with Gasteiger partial charge in [0.05, 0.1) is 5.69 Å². The van der Waals surface area contributed by atoms with E-state index < -0.39 is 11.7 Å². The van der Waals surface area contributed by atoms with Gasteiger partial charge in [0.25, 0.3) is 5.91 Å². The number of nitrogens with one attached hydrogen (secondary N) is 1. The zero-order chi connectivity index (χ0) is 19.2. The molecule has 140 valence electrons. The Morgan fingerprint density at radius 1 is 1.22 bits per heavy atom. The number of unbranched alkanes of at least 4 members (excludes halogenated alkanes) is 1. The van der Waals surface area contributed by atoms with Crippen LogP contribution in [0.2, 0.25) is 0 Å². The van der Waals surface area contributed by atoms with E-state index in [-0.39, 0.29) is 18.2 Å². The summed E-state index contributed by atoms with van der Waals surface area (Å²) in [7, 11) is 0. The number of fused-ring (bicyclic) bond motifs is 1. The largest absolute Gasteiger partial charge is 0.449 e. The van der Waals surface area contributed by atoms with E-state index in [1.807, 2.05) is 6.92 Å². The maximum Gasteiger partial charge on any atom is 0.294 e. The number of ether oxygens (including phenoxy) is 1. The molecule has 1 heterocycles. The molecule has 0 radical (unpaired) electrons. The normalized spacial score (nSPS) is 14.7. The van der Waals surface area contributed by atoms with E-state index in [0.29, 0.717) is 23.5 Å². The molecule has 1 N–H and O–H groups in total. The van der Waals surface area contributed by atoms with Crippen LogP contribution in [0, 0.1) is 5.82 Å². The molecule has 3 rings (SSSR count). The van der Waals surface area contributed by atoms with Crippen LogP contribution in [0.5, 0.6) is 5.75 Å². The molecule has 2 amide bonds. The lowest BCUT2D eigenvalue weighted by atomic mass is 10.1. The molecular formula is C21H21FN2O3. The first kappa shape index (κ1) is 18.6. The fourth-order valence-corrected chi connectivity index (χ4v) is 2.77. The first-order valence-electron chi connectivity index (χ1n) is 8.91. The molecule has 5 nitrogen and oxygen atoms in total. The molecule has 0 aromatic heterocycles. The lowest BCUT2D eigenvalue weighted by Crippen LogP contribution is -2.44. The summed E-state index contributed by atoms with van der Waals surface area (Å²) in [5.41, 5.74) is 1.04. The van der Waals surface area contributed by atoms with E-state index in [9.17, 15) is 14.0 Å². The fraction of sp³-hybridized carbons (Fsp3) is 0.238. The number of rotatable bonds is 6. The van der Waals surface area contributed by atoms with Crippen LogP contribution in [0.15, 0.2) is 54.3 Å². The number of amides is 2. The molecule has 1 aliphatic heterocycles. The van der Waals surface area contributed by atoms with Gasteiger partial charge in [0.2, 0.25) is 5.91 Å². The Morgan fingerprint density at radius 3 is 2.81 bits per heavy atom. The highest BCUT2D eigenvalue weighted by Gasteiger charge is 2.31. The minimum atomic E-state index is -0.441. The van der Waals surface area contributed by atoms with Gasteiger partial charge in [-0.25, -0.2) is 4.39 Å². The minimum absolute atomic E-state index is 0.0423. The van der Waals surface area contributed by atoms with Gasteiger partial charge in [0.1, 0.15) is 12.4 Å². The van der Waals surface area contributed by atoms with E-state index >= 15 is 0 Å². The molecular weight excluding hydrogens is 347 g/mol. The Kier molecular flexibility index (Phi) is 5.86. The van der Waals surface area contributed by atoms with Crippen LogP contribution in [-0.2, 0) is 9.59 Å². The average molecular weight is 368 g/mol. The number of carbonyl (C=O) groups is 2. The summed E-state index contributed by atoms with van der Waals surface area (Å²) in [5.74, 6) is -0.566. The standard InChI is InChI=1S/C21H21FN2O3/c1-2-3-11-23-20(25)14-24-17-9-4-5-10-18(17)27-19(21(24)26)13-15-7-6-8-16(22)12-15/h4-10,12-13H,2-3,11,14H2,1H3,(H,23,25). The third-order valence-electron chi connectivity index (χ3n) is 4.13. The SMILES string of the molecule is CCCCNC(=O)CN1C(=O)C(=Cc2cccc(F)c2)Oc2ccccc21. The number of para-hydroxylation sites is 2. The Balaban J connectivity index is 1.87. The first-order chi connectivity index (χ1) is 13.1. The van der Waals surface area contributed by atoms with Crippen LogP contribution >= 0.6 is 0 Å². The molecule has 0 saturated carbocycles. The molecule has 0 saturated heterocycles. The molecule has 0 fully saturated rings. The third-order valence-corrected chi connectivity index (χ3v) is 4.13. The second kappa shape index (κ2) is 8.49. The smallest absolute Gasteiger partial charge is 0.294 e. The van der Waals surface area contributed by atoms with Crippen molar-refractivity contribution in [1.82, 2.24) is 5.32 Å². The van der Waals surface area contributed by atoms with Gasteiger partial charge in [-0.05, 0) is 42.3 Å². The highest BCUT2D eigenvalue weighted by Crippen LogP contribution is 2.35. The Hall–Kier alpha value is -3.15. The van der Waals surface area contributed by atoms with Crippen LogP contribution in [0.4, 0.5) is 10.1 Å². The van der Waals surface area contributed by atoms with Crippen molar-refractivity contribution in [3.05, 3.63) is 65.7 Å². The maximum absolute atomic E-state index is 13.4. The zero-order valence-corrected chi connectivity index (χ0v) is 15.1. The van der Waals surface area contributed by atoms with Gasteiger partial charge in [-0.2, -0.15) is 0 Å². The lowest BCUT2D eigenvalue weighted by Gasteiger charge is -2.30. The molecule has 2 aromatic rings. The van der Waals surface area contributed by atoms with Gasteiger partial charge in [0.15, 0.2) is 11.5 Å². The molecule has 2 aromatic carbocycles. The van der Waals surface area contributed by atoms with Crippen LogP contribution < -0.4 is 15.0 Å². The van der Waals surface area contributed by atoms with Crippen molar-refractivity contribution >= 4 is 23.6 Å². The predicted molar refractivity (Wildman–Crippen MR) is 102 cm³/mol. The van der Waals surface area contributed by atoms with Crippen molar-refractivity contribution in [2.24, 2.45) is 0 Å². The molecule has 27 heavy (non-hydrogen) atoms. The minimum Gasteiger partial charge on any atom is -0.449 e. The van der Waals surface area contributed by atoms with E-state index in [1.54, 1.807) is 36.4 Å². The average Bonchev–Trinajstić information content (AvgIpc) is 2.65. The van der Waals surface area contributed by atoms with E-state index in [1.165, 1.54) is 23.1 Å². The van der Waals surface area contributed by atoms with Gasteiger partial charge in [-0.3, -0.25) is 14.5 Å². The maximum atomic E-state index is 13.4. The van der Waals surface area contributed by atoms with E-state index in [4.69, 9.17) is 4.74 Å². The third kappa shape index (κ3) is 4.53. The quantitative estimate of drug-likeness (QED) is 0.627. The van der Waals surface area contributed by atoms with Crippen molar-refractivity contribution in [3.8, 4) is 5.75 Å². The summed E-state index contributed by atoms with van der Waals surface area (Å²) >= 11 is 0. The topological polar surface area (TPSA) is 58.6 Å². The summed E-state index contributed by atoms with van der Waals surface area (Å²) in [5, 5.41) is 2.81. The summed E-state index contributed by atoms with van der Waals surface area (Å²) in [4.78, 5) is 26.5. The Bertz CT molecular complexity index is 879. The summed E-state index contributed by atoms with van der Waals surface area (Å²) in [6, 6.07) is 12.9. The number of hydrogen-bond acceptors (Lipinski definition) is 3. The predicted octanol–water partition coefficient (Wildman–Crippen LogP) is 3.51. The van der Waals surface area contributed by atoms with Gasteiger partial charge >= 0.3 is 0 Å². The fourth-order valence-electron chi connectivity index (χ4n) is 2.77. The number of halogens is 1. The van der Waals surface area contributed by atoms with E-state index in [2.05, 4.69) is 5.32 Å². The summed E-state index contributed by atoms with van der Waals surface area (Å²) < 4.78 is 19.1. The molecule has 0 unspecified atom stereocenters. The molecule has 1 aliphatic rings. The van der Waals surface area contributed by atoms with Gasteiger partial charge in [-0.1, -0.05) is 37.6 Å². The van der Waals surface area contributed by atoms with Crippen molar-refractivity contribution in [2.45, 2.75) is 19.8 Å². The molecule has 0 atom stereocenters. The molecule has 6 heteroatoms. The second-order valence-electron chi connectivity index (χ2n) is 6.23. The zero-order valence-electron chi connectivity index (χ0n) is 15.1. The van der Waals surface area contributed by atoms with Crippen molar-refractivity contribution in [2.75, 3.05) is 18.0 Å². The van der Waals surface area contributed by atoms with Crippen molar-refractivity contribution in [3.63, 3.8) is 0 Å². The lowest BCUT2D eigenvalue weighted by molar-refractivity contribution is -0.123. The summed E-state index contributed by atoms with van der Waals surface area (Å²) in [6.07, 6.45) is 3.33. The summed E-state index contributed by atoms with van der Waals surface area (Å²) in [6.45, 7) is 2.50. The van der Waals surface area contributed by atoms with Gasteiger partial charge in [-0.15, -0.1) is 0 Å². The number of carbonyl (C=O) groups excluding carboxylic acids is 2. The number of benzene rings is 2. The highest BCUT2D eigenvalue weighted by atomic mass is 19.1. The Morgan fingerprint density at radius 2 is 2.04 bits per heavy atom. The van der Waals surface area contributed by atoms with Crippen LogP contribution in [-0.4, -0.2) is 24.9 Å². The number of anilines is 1. The number of hydrogen-bond donors (Lipinski definition) is 1. The van der Waals surface area contributed by atoms with Gasteiger partial charge in [0, 0.05) is 6.54 Å². The second-order valence-corrected chi connectivity index (χ2v) is 6.23. The van der Waals surface area contributed by atoms with E-state index in [0.717, 1.165) is 12.8 Å².